The molecule has 0 fully saturated rings. The van der Waals surface area contributed by atoms with Crippen LogP contribution in [0.5, 0.6) is 0 Å². The van der Waals surface area contributed by atoms with Crippen molar-refractivity contribution in [3.8, 4) is 0 Å². The molecule has 0 radical (unpaired) electrons. The standard InChI is InChI=1S/C15H16FN5O/c1-9-13(8-17-21(9)2)20-15(22)6-5-14-18-11-4-3-10(16)7-12(11)19-14/h3-4,7-8H,5-6H2,1-2H3,(H,18,19)(H,20,22). The van der Waals surface area contributed by atoms with Crippen molar-refractivity contribution in [1.82, 2.24) is 19.7 Å². The Bertz CT molecular complexity index is 836. The van der Waals surface area contributed by atoms with Gasteiger partial charge in [-0.25, -0.2) is 9.37 Å². The number of carbonyl (C=O) groups excluding carboxylic acids is 1. The lowest BCUT2D eigenvalue weighted by Crippen LogP contribution is -2.13. The van der Waals surface area contributed by atoms with E-state index in [1.165, 1.54) is 12.1 Å². The largest absolute Gasteiger partial charge is 0.342 e. The number of halogens is 1. The maximum atomic E-state index is 13.1. The smallest absolute Gasteiger partial charge is 0.224 e. The van der Waals surface area contributed by atoms with Gasteiger partial charge in [-0.2, -0.15) is 5.10 Å². The number of hydrogen-bond donors (Lipinski definition) is 2. The molecule has 1 aromatic carbocycles. The summed E-state index contributed by atoms with van der Waals surface area (Å²) in [7, 11) is 1.82. The van der Waals surface area contributed by atoms with Gasteiger partial charge in [0.05, 0.1) is 28.6 Å². The fraction of sp³-hybridized carbons (Fsp3) is 0.267. The molecule has 0 aliphatic rings. The number of fused-ring (bicyclic) bond motifs is 1. The lowest BCUT2D eigenvalue weighted by Gasteiger charge is -2.03. The number of anilines is 1. The van der Waals surface area contributed by atoms with Crippen molar-refractivity contribution < 1.29 is 9.18 Å². The summed E-state index contributed by atoms with van der Waals surface area (Å²) in [6, 6.07) is 4.37. The van der Waals surface area contributed by atoms with E-state index in [2.05, 4.69) is 20.4 Å². The highest BCUT2D eigenvalue weighted by atomic mass is 19.1. The molecular weight excluding hydrogens is 285 g/mol. The summed E-state index contributed by atoms with van der Waals surface area (Å²) in [5.41, 5.74) is 2.94. The third-order valence-electron chi connectivity index (χ3n) is 3.59. The molecule has 1 amide bonds. The van der Waals surface area contributed by atoms with Crippen molar-refractivity contribution in [3.05, 3.63) is 41.7 Å². The molecular formula is C15H16FN5O. The normalized spacial score (nSPS) is 11.0. The number of imidazole rings is 1. The summed E-state index contributed by atoms with van der Waals surface area (Å²) in [5, 5.41) is 6.89. The average Bonchev–Trinajstić information content (AvgIpc) is 3.02. The summed E-state index contributed by atoms with van der Waals surface area (Å²) in [6.45, 7) is 1.89. The minimum atomic E-state index is -0.313. The van der Waals surface area contributed by atoms with Gasteiger partial charge in [0.1, 0.15) is 11.6 Å². The molecule has 0 spiro atoms. The Morgan fingerprint density at radius 1 is 1.45 bits per heavy atom. The van der Waals surface area contributed by atoms with Gasteiger partial charge in [0, 0.05) is 19.9 Å². The summed E-state index contributed by atoms with van der Waals surface area (Å²) in [6.07, 6.45) is 2.37. The molecule has 2 N–H and O–H groups in total. The number of nitrogens with one attached hydrogen (secondary N) is 2. The molecule has 0 aliphatic heterocycles. The van der Waals surface area contributed by atoms with Gasteiger partial charge in [-0.05, 0) is 25.1 Å². The number of nitrogens with zero attached hydrogens (tertiary/aromatic N) is 3. The second kappa shape index (κ2) is 5.59. The van der Waals surface area contributed by atoms with E-state index in [1.807, 2.05) is 14.0 Å². The molecule has 3 aromatic rings. The molecule has 0 aliphatic carbocycles. The number of aryl methyl sites for hydroxylation is 2. The first-order valence-corrected chi connectivity index (χ1v) is 6.95. The van der Waals surface area contributed by atoms with Gasteiger partial charge in [0.25, 0.3) is 0 Å². The number of rotatable bonds is 4. The van der Waals surface area contributed by atoms with Gasteiger partial charge in [0.15, 0.2) is 0 Å². The van der Waals surface area contributed by atoms with Crippen molar-refractivity contribution in [2.75, 3.05) is 5.32 Å². The Balaban J connectivity index is 1.63. The Morgan fingerprint density at radius 2 is 2.27 bits per heavy atom. The number of hydrogen-bond acceptors (Lipinski definition) is 3. The van der Waals surface area contributed by atoms with Gasteiger partial charge < -0.3 is 10.3 Å². The highest BCUT2D eigenvalue weighted by Crippen LogP contribution is 2.15. The van der Waals surface area contributed by atoms with Crippen LogP contribution in [-0.2, 0) is 18.3 Å². The second-order valence-corrected chi connectivity index (χ2v) is 5.16. The van der Waals surface area contributed by atoms with Gasteiger partial charge >= 0.3 is 0 Å². The molecule has 0 saturated carbocycles. The predicted molar refractivity (Wildman–Crippen MR) is 80.9 cm³/mol. The highest BCUT2D eigenvalue weighted by Gasteiger charge is 2.10. The van der Waals surface area contributed by atoms with Crippen LogP contribution in [0.3, 0.4) is 0 Å². The lowest BCUT2D eigenvalue weighted by atomic mass is 10.2. The van der Waals surface area contributed by atoms with E-state index < -0.39 is 0 Å². The Morgan fingerprint density at radius 3 is 3.00 bits per heavy atom. The van der Waals surface area contributed by atoms with Crippen LogP contribution >= 0.6 is 0 Å². The van der Waals surface area contributed by atoms with Crippen molar-refractivity contribution in [1.29, 1.82) is 0 Å². The van der Waals surface area contributed by atoms with Crippen LogP contribution in [0, 0.1) is 12.7 Å². The first-order chi connectivity index (χ1) is 10.5. The first kappa shape index (κ1) is 14.2. The van der Waals surface area contributed by atoms with Crippen molar-refractivity contribution in [2.45, 2.75) is 19.8 Å². The fourth-order valence-electron chi connectivity index (χ4n) is 2.22. The molecule has 2 aromatic heterocycles. The van der Waals surface area contributed by atoms with E-state index in [0.29, 0.717) is 29.0 Å². The first-order valence-electron chi connectivity index (χ1n) is 6.95. The van der Waals surface area contributed by atoms with Crippen LogP contribution in [0.2, 0.25) is 0 Å². The van der Waals surface area contributed by atoms with Crippen LogP contribution in [-0.4, -0.2) is 25.7 Å². The van der Waals surface area contributed by atoms with Crippen LogP contribution in [0.15, 0.2) is 24.4 Å². The average molecular weight is 301 g/mol. The van der Waals surface area contributed by atoms with E-state index in [0.717, 1.165) is 5.69 Å². The van der Waals surface area contributed by atoms with E-state index in [-0.39, 0.29) is 18.1 Å². The zero-order chi connectivity index (χ0) is 15.7. The molecule has 114 valence electrons. The Labute approximate surface area is 126 Å². The SMILES string of the molecule is Cc1c(NC(=O)CCc2nc3ccc(F)cc3[nH]2)cnn1C. The summed E-state index contributed by atoms with van der Waals surface area (Å²) >= 11 is 0. The minimum absolute atomic E-state index is 0.109. The maximum absolute atomic E-state index is 13.1. The van der Waals surface area contributed by atoms with Crippen LogP contribution in [0.25, 0.3) is 11.0 Å². The Kier molecular flexibility index (Phi) is 3.62. The molecule has 2 heterocycles. The van der Waals surface area contributed by atoms with E-state index in [1.54, 1.807) is 16.9 Å². The number of aromatic amines is 1. The topological polar surface area (TPSA) is 75.6 Å². The maximum Gasteiger partial charge on any atom is 0.224 e. The van der Waals surface area contributed by atoms with Gasteiger partial charge in [-0.1, -0.05) is 0 Å². The lowest BCUT2D eigenvalue weighted by molar-refractivity contribution is -0.116. The Hall–Kier alpha value is -2.70. The quantitative estimate of drug-likeness (QED) is 0.776. The van der Waals surface area contributed by atoms with Crippen molar-refractivity contribution in [3.63, 3.8) is 0 Å². The van der Waals surface area contributed by atoms with Crippen LogP contribution in [0.1, 0.15) is 17.9 Å². The molecule has 0 saturated heterocycles. The van der Waals surface area contributed by atoms with E-state index in [4.69, 9.17) is 0 Å². The summed E-state index contributed by atoms with van der Waals surface area (Å²) in [4.78, 5) is 19.3. The summed E-state index contributed by atoms with van der Waals surface area (Å²) < 4.78 is 14.8. The monoisotopic (exact) mass is 301 g/mol. The fourth-order valence-corrected chi connectivity index (χ4v) is 2.22. The van der Waals surface area contributed by atoms with Gasteiger partial charge in [0.2, 0.25) is 5.91 Å². The van der Waals surface area contributed by atoms with Crippen LogP contribution in [0.4, 0.5) is 10.1 Å². The minimum Gasteiger partial charge on any atom is -0.342 e. The third kappa shape index (κ3) is 2.83. The molecule has 7 heteroatoms. The van der Waals surface area contributed by atoms with E-state index in [9.17, 15) is 9.18 Å². The summed E-state index contributed by atoms with van der Waals surface area (Å²) in [5.74, 6) is 0.244. The molecule has 6 nitrogen and oxygen atoms in total. The predicted octanol–water partition coefficient (Wildman–Crippen LogP) is 2.32. The molecule has 0 bridgehead atoms. The zero-order valence-corrected chi connectivity index (χ0v) is 12.4. The number of carbonyl (C=O) groups is 1. The second-order valence-electron chi connectivity index (χ2n) is 5.16. The number of aromatic nitrogens is 4. The van der Waals surface area contributed by atoms with E-state index >= 15 is 0 Å². The third-order valence-corrected chi connectivity index (χ3v) is 3.59. The molecule has 22 heavy (non-hydrogen) atoms. The highest BCUT2D eigenvalue weighted by molar-refractivity contribution is 5.91. The molecule has 0 atom stereocenters. The van der Waals surface area contributed by atoms with Crippen molar-refractivity contribution >= 4 is 22.6 Å². The molecule has 3 rings (SSSR count). The van der Waals surface area contributed by atoms with Gasteiger partial charge in [-0.15, -0.1) is 0 Å². The number of H-pyrrole nitrogens is 1. The van der Waals surface area contributed by atoms with Gasteiger partial charge in [-0.3, -0.25) is 9.48 Å². The van der Waals surface area contributed by atoms with Crippen LogP contribution < -0.4 is 5.32 Å². The van der Waals surface area contributed by atoms with Crippen molar-refractivity contribution in [2.24, 2.45) is 7.05 Å². The number of benzene rings is 1. The zero-order valence-electron chi connectivity index (χ0n) is 12.4. The molecule has 0 unspecified atom stereocenters. The number of amides is 1.